The van der Waals surface area contributed by atoms with E-state index in [1.165, 1.54) is 17.5 Å². The molecule has 0 unspecified atom stereocenters. The molecule has 0 saturated heterocycles. The Bertz CT molecular complexity index is 309. The predicted molar refractivity (Wildman–Crippen MR) is 57.2 cm³/mol. The Kier molecular flexibility index (Phi) is 4.01. The van der Waals surface area contributed by atoms with Gasteiger partial charge in [-0.1, -0.05) is 37.6 Å². The van der Waals surface area contributed by atoms with Crippen molar-refractivity contribution in [1.82, 2.24) is 0 Å². The molecule has 0 fully saturated rings. The van der Waals surface area contributed by atoms with Crippen molar-refractivity contribution in [3.05, 3.63) is 42.0 Å². The van der Waals surface area contributed by atoms with Gasteiger partial charge in [-0.15, -0.1) is 0 Å². The highest BCUT2D eigenvalue weighted by Gasteiger charge is 1.93. The number of hydrogen-bond donors (Lipinski definition) is 0. The maximum Gasteiger partial charge on any atom is 0.0734 e. The molecule has 0 radical (unpaired) electrons. The number of nitrogens with zero attached hydrogens (tertiary/aromatic N) is 1. The van der Waals surface area contributed by atoms with Crippen LogP contribution < -0.4 is 0 Å². The zero-order valence-electron chi connectivity index (χ0n) is 8.09. The third-order valence-corrected chi connectivity index (χ3v) is 1.90. The Labute approximate surface area is 79.8 Å². The summed E-state index contributed by atoms with van der Waals surface area (Å²) in [5.74, 6) is 2.54. The van der Waals surface area contributed by atoms with Crippen LogP contribution in [0.1, 0.15) is 24.5 Å². The van der Waals surface area contributed by atoms with E-state index in [0.717, 1.165) is 6.42 Å². The molecule has 1 rings (SSSR count). The second kappa shape index (κ2) is 5.34. The topological polar surface area (TPSA) is 12.4 Å². The highest BCUT2D eigenvalue weighted by atomic mass is 14.7. The summed E-state index contributed by atoms with van der Waals surface area (Å²) >= 11 is 0. The van der Waals surface area contributed by atoms with E-state index in [1.807, 2.05) is 0 Å². The van der Waals surface area contributed by atoms with Gasteiger partial charge in [0, 0.05) is 0 Å². The lowest BCUT2D eigenvalue weighted by Crippen LogP contribution is -1.86. The van der Waals surface area contributed by atoms with Gasteiger partial charge in [0.15, 0.2) is 0 Å². The summed E-state index contributed by atoms with van der Waals surface area (Å²) in [6, 6.07) is 8.52. The van der Waals surface area contributed by atoms with E-state index in [9.17, 15) is 0 Å². The molecule has 0 aromatic heterocycles. The van der Waals surface area contributed by atoms with Crippen molar-refractivity contribution in [3.8, 4) is 0 Å². The van der Waals surface area contributed by atoms with Gasteiger partial charge in [-0.3, -0.25) is 0 Å². The first kappa shape index (κ1) is 9.76. The summed E-state index contributed by atoms with van der Waals surface area (Å²) in [4.78, 5) is 3.98. The van der Waals surface area contributed by atoms with Crippen LogP contribution in [0.4, 0.5) is 0 Å². The van der Waals surface area contributed by atoms with Gasteiger partial charge >= 0.3 is 0 Å². The summed E-state index contributed by atoms with van der Waals surface area (Å²) in [6.45, 7) is 6.33. The molecule has 0 atom stereocenters. The quantitative estimate of drug-likeness (QED) is 0.621. The van der Waals surface area contributed by atoms with Crippen molar-refractivity contribution in [3.63, 3.8) is 0 Å². The molecule has 1 heteroatoms. The summed E-state index contributed by atoms with van der Waals surface area (Å²) in [5, 5.41) is 0. The third kappa shape index (κ3) is 3.27. The van der Waals surface area contributed by atoms with Crippen molar-refractivity contribution in [1.29, 1.82) is 0 Å². The second-order valence-corrected chi connectivity index (χ2v) is 3.04. The van der Waals surface area contributed by atoms with Crippen LogP contribution in [0.25, 0.3) is 0 Å². The lowest BCUT2D eigenvalue weighted by Gasteiger charge is -2.00. The van der Waals surface area contributed by atoms with Crippen LogP contribution in [0.15, 0.2) is 35.8 Å². The Balaban J connectivity index is 2.72. The molecular weight excluding hydrogens is 158 g/mol. The van der Waals surface area contributed by atoms with Crippen LogP contribution in [0, 0.1) is 0 Å². The van der Waals surface area contributed by atoms with Crippen molar-refractivity contribution in [2.75, 3.05) is 0 Å². The molecule has 0 N–H and O–H groups in total. The average molecular weight is 173 g/mol. The molecule has 0 spiro atoms. The van der Waals surface area contributed by atoms with Crippen LogP contribution in [-0.4, -0.2) is 5.87 Å². The van der Waals surface area contributed by atoms with Crippen LogP contribution in [-0.2, 0) is 13.0 Å². The van der Waals surface area contributed by atoms with E-state index >= 15 is 0 Å². The third-order valence-electron chi connectivity index (χ3n) is 1.90. The molecule has 0 saturated carbocycles. The molecule has 0 aliphatic heterocycles. The lowest BCUT2D eigenvalue weighted by molar-refractivity contribution is 0.916. The standard InChI is InChI=1S/C12H15N/c1-3-6-11-7-5-8-12(9-11)10-13-4-2/h5,7-9H,2-3,6,10H2,1H3. The number of aliphatic imine (C=N–C) groups is 1. The Morgan fingerprint density at radius 2 is 2.15 bits per heavy atom. The predicted octanol–water partition coefficient (Wildman–Crippen LogP) is 2.99. The van der Waals surface area contributed by atoms with Gasteiger partial charge in [-0.05, 0) is 30.0 Å². The minimum Gasteiger partial charge on any atom is -0.239 e. The van der Waals surface area contributed by atoms with Crippen LogP contribution in [0.3, 0.4) is 0 Å². The minimum absolute atomic E-state index is 0.695. The van der Waals surface area contributed by atoms with E-state index in [0.29, 0.717) is 6.54 Å². The Hall–Kier alpha value is -1.33. The zero-order valence-corrected chi connectivity index (χ0v) is 8.09. The molecule has 1 aromatic carbocycles. The van der Waals surface area contributed by atoms with Crippen molar-refractivity contribution < 1.29 is 0 Å². The van der Waals surface area contributed by atoms with Gasteiger partial charge in [-0.25, -0.2) is 4.99 Å². The van der Waals surface area contributed by atoms with Gasteiger partial charge in [0.1, 0.15) is 0 Å². The van der Waals surface area contributed by atoms with Crippen LogP contribution >= 0.6 is 0 Å². The van der Waals surface area contributed by atoms with Gasteiger partial charge in [0.2, 0.25) is 0 Å². The number of benzene rings is 1. The summed E-state index contributed by atoms with van der Waals surface area (Å²) < 4.78 is 0. The Morgan fingerprint density at radius 3 is 2.85 bits per heavy atom. The molecule has 0 amide bonds. The maximum absolute atomic E-state index is 3.98. The van der Waals surface area contributed by atoms with Gasteiger partial charge in [0.05, 0.1) is 6.54 Å². The fourth-order valence-corrected chi connectivity index (χ4v) is 1.32. The number of hydrogen-bond acceptors (Lipinski definition) is 1. The van der Waals surface area contributed by atoms with E-state index in [4.69, 9.17) is 0 Å². The van der Waals surface area contributed by atoms with Crippen LogP contribution in [0.5, 0.6) is 0 Å². The largest absolute Gasteiger partial charge is 0.239 e. The molecule has 1 aromatic rings. The lowest BCUT2D eigenvalue weighted by atomic mass is 10.1. The van der Waals surface area contributed by atoms with Gasteiger partial charge in [0.25, 0.3) is 0 Å². The first-order chi connectivity index (χ1) is 6.36. The summed E-state index contributed by atoms with van der Waals surface area (Å²) in [6.07, 6.45) is 2.33. The number of rotatable bonds is 4. The van der Waals surface area contributed by atoms with E-state index in [2.05, 4.69) is 48.6 Å². The van der Waals surface area contributed by atoms with Gasteiger partial charge < -0.3 is 0 Å². The summed E-state index contributed by atoms with van der Waals surface area (Å²) in [7, 11) is 0. The van der Waals surface area contributed by atoms with E-state index in [-0.39, 0.29) is 0 Å². The zero-order chi connectivity index (χ0) is 9.52. The first-order valence-electron chi connectivity index (χ1n) is 4.63. The monoisotopic (exact) mass is 173 g/mol. The van der Waals surface area contributed by atoms with Crippen molar-refractivity contribution in [2.45, 2.75) is 26.3 Å². The minimum atomic E-state index is 0.695. The second-order valence-electron chi connectivity index (χ2n) is 3.04. The first-order valence-corrected chi connectivity index (χ1v) is 4.63. The highest BCUT2D eigenvalue weighted by Crippen LogP contribution is 2.08. The average Bonchev–Trinajstić information content (AvgIpc) is 2.16. The molecule has 0 aliphatic rings. The fourth-order valence-electron chi connectivity index (χ4n) is 1.32. The molecule has 0 heterocycles. The van der Waals surface area contributed by atoms with E-state index in [1.54, 1.807) is 0 Å². The molecule has 0 aliphatic carbocycles. The van der Waals surface area contributed by atoms with Crippen LogP contribution in [0.2, 0.25) is 0 Å². The smallest absolute Gasteiger partial charge is 0.0734 e. The molecular formula is C12H15N. The highest BCUT2D eigenvalue weighted by molar-refractivity contribution is 5.46. The SMILES string of the molecule is C=C=NCc1cccc(CCC)c1. The Morgan fingerprint density at radius 1 is 1.38 bits per heavy atom. The molecule has 13 heavy (non-hydrogen) atoms. The number of aryl methyl sites for hydroxylation is 1. The summed E-state index contributed by atoms with van der Waals surface area (Å²) in [5.41, 5.74) is 2.63. The van der Waals surface area contributed by atoms with Crippen molar-refractivity contribution >= 4 is 5.87 Å². The normalized spacial score (nSPS) is 9.31. The van der Waals surface area contributed by atoms with Gasteiger partial charge in [-0.2, -0.15) is 0 Å². The molecule has 0 bridgehead atoms. The molecule has 1 nitrogen and oxygen atoms in total. The van der Waals surface area contributed by atoms with Crippen molar-refractivity contribution in [2.24, 2.45) is 4.99 Å². The maximum atomic E-state index is 3.98. The van der Waals surface area contributed by atoms with E-state index < -0.39 is 0 Å². The fraction of sp³-hybridized carbons (Fsp3) is 0.333. The molecule has 68 valence electrons.